The zero-order valence-electron chi connectivity index (χ0n) is 27.2. The summed E-state index contributed by atoms with van der Waals surface area (Å²) >= 11 is 0. The Morgan fingerprint density at radius 2 is 0.538 bits per heavy atom. The predicted octanol–water partition coefficient (Wildman–Crippen LogP) is 7.50. The first-order chi connectivity index (χ1) is 17.4. The van der Waals surface area contributed by atoms with Crippen molar-refractivity contribution in [1.82, 2.24) is 13.7 Å². The molecular weight excluding hydrogens is 486 g/mol. The van der Waals surface area contributed by atoms with E-state index < -0.39 is 0 Å². The van der Waals surface area contributed by atoms with E-state index in [4.69, 9.17) is 0 Å². The van der Waals surface area contributed by atoms with E-state index >= 15 is 0 Å². The number of aromatic nitrogens is 3. The molecule has 1 aromatic heterocycles. The molecule has 6 heteroatoms. The minimum Gasteiger partial charge on any atom is -0.247 e. The molecular formula is C33H57N3O3. The van der Waals surface area contributed by atoms with Gasteiger partial charge in [-0.25, -0.2) is 28.1 Å². The lowest BCUT2D eigenvalue weighted by molar-refractivity contribution is 0.0457. The van der Waals surface area contributed by atoms with Crippen molar-refractivity contribution in [2.45, 2.75) is 159 Å². The van der Waals surface area contributed by atoms with Crippen molar-refractivity contribution >= 4 is 0 Å². The van der Waals surface area contributed by atoms with Crippen LogP contribution >= 0.6 is 0 Å². The van der Waals surface area contributed by atoms with Gasteiger partial charge in [0.15, 0.2) is 0 Å². The first-order valence-electron chi connectivity index (χ1n) is 15.4. The summed E-state index contributed by atoms with van der Waals surface area (Å²) in [5.74, 6) is 0. The summed E-state index contributed by atoms with van der Waals surface area (Å²) in [6.07, 6.45) is 7.78. The van der Waals surface area contributed by atoms with Crippen LogP contribution in [0.1, 0.15) is 159 Å². The Morgan fingerprint density at radius 3 is 0.692 bits per heavy atom. The third kappa shape index (κ3) is 6.35. The molecule has 0 bridgehead atoms. The van der Waals surface area contributed by atoms with E-state index in [1.807, 2.05) is 0 Å². The highest BCUT2D eigenvalue weighted by Crippen LogP contribution is 2.52. The fourth-order valence-electron chi connectivity index (χ4n) is 10.4. The highest BCUT2D eigenvalue weighted by atomic mass is 16.2. The molecule has 0 unspecified atom stereocenters. The second-order valence-electron chi connectivity index (χ2n) is 18.7. The van der Waals surface area contributed by atoms with Crippen molar-refractivity contribution in [1.29, 1.82) is 0 Å². The molecule has 0 spiro atoms. The fraction of sp³-hybridized carbons (Fsp3) is 0.909. The molecule has 0 aliphatic heterocycles. The number of rotatable bonds is 3. The highest BCUT2D eigenvalue weighted by Gasteiger charge is 2.45. The summed E-state index contributed by atoms with van der Waals surface area (Å²) in [4.78, 5) is 43.4. The van der Waals surface area contributed by atoms with Crippen LogP contribution in [0.4, 0.5) is 0 Å². The molecule has 3 aliphatic carbocycles. The monoisotopic (exact) mass is 543 g/mol. The first-order valence-corrected chi connectivity index (χ1v) is 15.4. The van der Waals surface area contributed by atoms with Crippen molar-refractivity contribution in [3.8, 4) is 0 Å². The SMILES string of the molecule is CC1(C)CC(n2c(=O)n(C3CC(C)(C)CC(C)(C)C3)c(=O)n(C3CC(C)(C)CC(C)(C)C3)c2=O)CC(C)(C)C1. The van der Waals surface area contributed by atoms with Crippen LogP contribution in [0.2, 0.25) is 0 Å². The van der Waals surface area contributed by atoms with Gasteiger partial charge in [0.05, 0.1) is 0 Å². The van der Waals surface area contributed by atoms with Crippen molar-refractivity contribution < 1.29 is 0 Å². The van der Waals surface area contributed by atoms with Gasteiger partial charge in [-0.3, -0.25) is 0 Å². The fourth-order valence-corrected chi connectivity index (χ4v) is 10.4. The molecule has 3 aliphatic rings. The largest absolute Gasteiger partial charge is 0.336 e. The molecule has 4 rings (SSSR count). The van der Waals surface area contributed by atoms with Gasteiger partial charge in [0, 0.05) is 18.1 Å². The lowest BCUT2D eigenvalue weighted by Crippen LogP contribution is -2.60. The van der Waals surface area contributed by atoms with E-state index in [1.165, 1.54) is 13.7 Å². The molecule has 0 radical (unpaired) electrons. The van der Waals surface area contributed by atoms with Crippen LogP contribution in [-0.2, 0) is 0 Å². The summed E-state index contributed by atoms with van der Waals surface area (Å²) in [6.45, 7) is 27.0. The molecule has 3 fully saturated rings. The molecule has 0 aromatic carbocycles. The van der Waals surface area contributed by atoms with Gasteiger partial charge in [0.1, 0.15) is 0 Å². The lowest BCUT2D eigenvalue weighted by atomic mass is 9.63. The number of hydrogen-bond donors (Lipinski definition) is 0. The van der Waals surface area contributed by atoms with E-state index in [0.717, 1.165) is 57.8 Å². The van der Waals surface area contributed by atoms with E-state index in [0.29, 0.717) is 0 Å². The molecule has 0 saturated heterocycles. The van der Waals surface area contributed by atoms with Gasteiger partial charge >= 0.3 is 17.1 Å². The number of hydrogen-bond acceptors (Lipinski definition) is 3. The van der Waals surface area contributed by atoms with Crippen LogP contribution < -0.4 is 17.1 Å². The predicted molar refractivity (Wildman–Crippen MR) is 161 cm³/mol. The molecule has 222 valence electrons. The molecule has 0 amide bonds. The second kappa shape index (κ2) is 9.21. The van der Waals surface area contributed by atoms with Crippen LogP contribution in [0.25, 0.3) is 0 Å². The van der Waals surface area contributed by atoms with Gasteiger partial charge in [-0.05, 0) is 90.3 Å². The standard InChI is InChI=1S/C33H57N3O3/c1-28(2)13-22(14-29(3,4)19-28)34-25(37)35(23-15-30(5,6)20-31(7,8)16-23)27(39)36(26(34)38)24-17-32(9,10)21-33(11,12)18-24/h22-24H,13-21H2,1-12H3. The minimum atomic E-state index is -0.382. The van der Waals surface area contributed by atoms with Gasteiger partial charge in [-0.1, -0.05) is 83.1 Å². The average molecular weight is 544 g/mol. The van der Waals surface area contributed by atoms with Gasteiger partial charge in [-0.2, -0.15) is 0 Å². The van der Waals surface area contributed by atoms with E-state index in [9.17, 15) is 14.4 Å². The summed E-state index contributed by atoms with van der Waals surface area (Å²) in [5.41, 5.74) is -1.10. The third-order valence-corrected chi connectivity index (χ3v) is 9.93. The van der Waals surface area contributed by atoms with Gasteiger partial charge < -0.3 is 0 Å². The smallest absolute Gasteiger partial charge is 0.247 e. The molecule has 3 saturated carbocycles. The van der Waals surface area contributed by atoms with Crippen molar-refractivity contribution in [2.24, 2.45) is 32.5 Å². The Hall–Kier alpha value is -1.59. The normalized spacial score (nSPS) is 28.3. The van der Waals surface area contributed by atoms with E-state index in [-0.39, 0.29) is 67.7 Å². The Kier molecular flexibility index (Phi) is 7.17. The van der Waals surface area contributed by atoms with Crippen LogP contribution in [0.5, 0.6) is 0 Å². The Labute approximate surface area is 236 Å². The van der Waals surface area contributed by atoms with Gasteiger partial charge in [0.2, 0.25) is 0 Å². The van der Waals surface area contributed by atoms with Gasteiger partial charge in [0.25, 0.3) is 0 Å². The Morgan fingerprint density at radius 1 is 0.385 bits per heavy atom. The third-order valence-electron chi connectivity index (χ3n) is 9.93. The molecule has 0 atom stereocenters. The minimum absolute atomic E-state index is 0.00767. The maximum absolute atomic E-state index is 14.5. The molecule has 39 heavy (non-hydrogen) atoms. The molecule has 0 N–H and O–H groups in total. The van der Waals surface area contributed by atoms with Crippen LogP contribution in [-0.4, -0.2) is 13.7 Å². The summed E-state index contributed by atoms with van der Waals surface area (Å²) in [7, 11) is 0. The van der Waals surface area contributed by atoms with E-state index in [2.05, 4.69) is 83.1 Å². The quantitative estimate of drug-likeness (QED) is 0.396. The van der Waals surface area contributed by atoms with Crippen molar-refractivity contribution in [3.05, 3.63) is 31.5 Å². The average Bonchev–Trinajstić information content (AvgIpc) is 2.60. The zero-order valence-corrected chi connectivity index (χ0v) is 27.2. The van der Waals surface area contributed by atoms with Crippen LogP contribution in [0.3, 0.4) is 0 Å². The van der Waals surface area contributed by atoms with E-state index in [1.54, 1.807) is 0 Å². The Bertz CT molecular complexity index is 1050. The zero-order chi connectivity index (χ0) is 29.6. The molecule has 1 heterocycles. The van der Waals surface area contributed by atoms with Crippen LogP contribution in [0, 0.1) is 32.5 Å². The maximum Gasteiger partial charge on any atom is 0.336 e. The summed E-state index contributed by atoms with van der Waals surface area (Å²) < 4.78 is 4.60. The topological polar surface area (TPSA) is 66.0 Å². The second-order valence-corrected chi connectivity index (χ2v) is 18.7. The molecule has 6 nitrogen and oxygen atoms in total. The van der Waals surface area contributed by atoms with Gasteiger partial charge in [-0.15, -0.1) is 0 Å². The lowest BCUT2D eigenvalue weighted by Gasteiger charge is -2.47. The van der Waals surface area contributed by atoms with Crippen molar-refractivity contribution in [3.63, 3.8) is 0 Å². The summed E-state index contributed by atoms with van der Waals surface area (Å²) in [5, 5.41) is 0. The van der Waals surface area contributed by atoms with Crippen molar-refractivity contribution in [2.75, 3.05) is 0 Å². The highest BCUT2D eigenvalue weighted by molar-refractivity contribution is 5.00. The Balaban J connectivity index is 1.99. The maximum atomic E-state index is 14.5. The first kappa shape index (κ1) is 30.4. The van der Waals surface area contributed by atoms with Crippen LogP contribution in [0.15, 0.2) is 14.4 Å². The summed E-state index contributed by atoms with van der Waals surface area (Å²) in [6, 6.07) is -0.636. The molecule has 1 aromatic rings. The number of nitrogens with zero attached hydrogens (tertiary/aromatic N) is 3.